The smallest absolute Gasteiger partial charge is 0.380 e. The fourth-order valence-electron chi connectivity index (χ4n) is 8.40. The lowest BCUT2D eigenvalue weighted by Gasteiger charge is -2.47. The van der Waals surface area contributed by atoms with Crippen molar-refractivity contribution in [1.29, 1.82) is 5.26 Å². The van der Waals surface area contributed by atoms with E-state index in [1.54, 1.807) is 66.7 Å². The van der Waals surface area contributed by atoms with Gasteiger partial charge in [-0.2, -0.15) is 18.8 Å². The first-order valence-corrected chi connectivity index (χ1v) is 30.3. The summed E-state index contributed by atoms with van der Waals surface area (Å²) in [5.74, 6) is 0.414. The summed E-state index contributed by atoms with van der Waals surface area (Å²) in [5, 5.41) is 20.7. The van der Waals surface area contributed by atoms with Crippen LogP contribution in [0, 0.1) is 11.3 Å². The van der Waals surface area contributed by atoms with Gasteiger partial charge >= 0.3 is 16.0 Å². The van der Waals surface area contributed by atoms with Crippen molar-refractivity contribution < 1.29 is 118 Å². The molecule has 3 aromatic carbocycles. The number of rotatable bonds is 17. The highest BCUT2D eigenvalue weighted by Crippen LogP contribution is 2.57. The number of benzene rings is 3. The third-order valence-corrected chi connectivity index (χ3v) is 14.8. The third-order valence-electron chi connectivity index (χ3n) is 12.1. The molecule has 4 aliphatic heterocycles. The number of para-hydroxylation sites is 3. The normalized spacial score (nSPS) is 29.4. The average Bonchev–Trinajstić information content (AvgIpc) is 3.06. The molecule has 12 atom stereocenters. The van der Waals surface area contributed by atoms with Crippen LogP contribution in [-0.2, 0) is 89.0 Å². The lowest BCUT2D eigenvalue weighted by Crippen LogP contribution is -2.63. The number of phosphoric acid groups is 2. The van der Waals surface area contributed by atoms with Gasteiger partial charge in [-0.1, -0.05) is 60.1 Å². The Hall–Kier alpha value is -3.34. The van der Waals surface area contributed by atoms with Crippen LogP contribution in [-0.4, -0.2) is 218 Å². The summed E-state index contributed by atoms with van der Waals surface area (Å²) in [6.45, 7) is 0.847. The van der Waals surface area contributed by atoms with Gasteiger partial charge < -0.3 is 99.7 Å². The van der Waals surface area contributed by atoms with Crippen LogP contribution in [0.2, 0.25) is 5.02 Å². The second-order valence-electron chi connectivity index (χ2n) is 18.0. The Balaban J connectivity index is 1.23. The van der Waals surface area contributed by atoms with E-state index in [1.165, 1.54) is 18.2 Å². The predicted octanol–water partition coefficient (Wildman–Crippen LogP) is 3.24. The maximum absolute atomic E-state index is 15.5. The number of ether oxygens (including phenoxy) is 16. The summed E-state index contributed by atoms with van der Waals surface area (Å²) in [5.41, 5.74) is 0. The van der Waals surface area contributed by atoms with Gasteiger partial charge in [-0.15, -0.1) is 0 Å². The van der Waals surface area contributed by atoms with Gasteiger partial charge in [-0.05, 0) is 36.4 Å². The van der Waals surface area contributed by atoms with Crippen molar-refractivity contribution in [3.05, 3.63) is 90.0 Å². The van der Waals surface area contributed by atoms with E-state index >= 15 is 4.89 Å². The predicted molar refractivity (Wildman–Crippen MR) is 283 cm³/mol. The number of hydrogen-bond acceptors (Lipinski definition) is 26. The molecule has 0 aromatic heterocycles. The number of halogens is 1. The van der Waals surface area contributed by atoms with Crippen LogP contribution in [0.1, 0.15) is 6.42 Å². The lowest BCUT2D eigenvalue weighted by atomic mass is 9.98. The Kier molecular flexibility index (Phi) is 30.1. The first-order valence-electron chi connectivity index (χ1n) is 27.0. The van der Waals surface area contributed by atoms with Crippen molar-refractivity contribution in [2.45, 2.75) is 67.8 Å². The minimum Gasteiger partial charge on any atom is -0.746 e. The van der Waals surface area contributed by atoms with E-state index in [0.29, 0.717) is 37.9 Å². The molecule has 0 amide bonds. The van der Waals surface area contributed by atoms with Crippen LogP contribution in [0.4, 0.5) is 0 Å². The molecular formula is C53H73ClNO25P2-. The average molecular weight is 1220 g/mol. The van der Waals surface area contributed by atoms with Gasteiger partial charge in [0.1, 0.15) is 73.2 Å². The molecule has 0 saturated carbocycles. The SMILES string of the molecule is N#CCCO[P+]([O-])(OC[C@H]1O[C@@H](Oc2ccccc2)[C@@H]2OCCOCCOCCOCCOCCO[C@H]2[C@@H]1OP(=O)([O-])Oc1ccccc1Cl)O[C@H]1[C@@H]2OCCOCCOCCOCCOCCO[C@H]2[C@H](Oc2ccccc2)O[C@@H]1CO. The van der Waals surface area contributed by atoms with Crippen molar-refractivity contribution >= 4 is 27.6 Å². The van der Waals surface area contributed by atoms with Crippen molar-refractivity contribution in [3.63, 3.8) is 0 Å². The van der Waals surface area contributed by atoms with Gasteiger partial charge in [0.25, 0.3) is 0 Å². The Labute approximate surface area is 482 Å². The van der Waals surface area contributed by atoms with E-state index in [-0.39, 0.29) is 123 Å². The van der Waals surface area contributed by atoms with Crippen LogP contribution in [0.3, 0.4) is 0 Å². The zero-order chi connectivity index (χ0) is 57.5. The van der Waals surface area contributed by atoms with Gasteiger partial charge in [-0.3, -0.25) is 4.57 Å². The highest BCUT2D eigenvalue weighted by molar-refractivity contribution is 7.54. The summed E-state index contributed by atoms with van der Waals surface area (Å²) >= 11 is 6.36. The number of nitrogens with zero attached hydrogens (tertiary/aromatic N) is 1. The molecule has 1 N–H and O–H groups in total. The first kappa shape index (κ1) is 66.2. The Morgan fingerprint density at radius 3 is 1.40 bits per heavy atom. The molecular weight excluding hydrogens is 1150 g/mol. The molecule has 82 heavy (non-hydrogen) atoms. The van der Waals surface area contributed by atoms with E-state index in [1.807, 2.05) is 6.07 Å². The van der Waals surface area contributed by atoms with E-state index < -0.39 is 97.2 Å². The standard InChI is InChI=1S/C53H74ClNO25P2/c54-42-14-7-8-15-43(42)78-81(57,58)79-47-45(77-53(75-41-12-5-2-6-13-41)51-49(47)69-35-31-65-27-23-61-19-21-63-25-29-67-33-37-71-51)39-73-82(59,72-17-9-16-55)80-46-44(38-56)76-52(74-40-10-3-1-4-11-40)50-48(46)68-34-30-64-26-22-60-18-20-62-24-28-66-32-36-70-50/h1-8,10-15,44-53,56H,9,17-39H2,(H,57,58)/p-1/t44-,45-,46-,47-,48+,49+,50-,51-,52-,53-,82?/m1/s1. The van der Waals surface area contributed by atoms with E-state index in [9.17, 15) is 19.8 Å². The lowest BCUT2D eigenvalue weighted by molar-refractivity contribution is -0.319. The van der Waals surface area contributed by atoms with Crippen LogP contribution in [0.25, 0.3) is 0 Å². The third kappa shape index (κ3) is 22.8. The van der Waals surface area contributed by atoms with E-state index in [0.717, 1.165) is 0 Å². The number of fused-ring (bicyclic) bond motifs is 2. The number of aliphatic hydroxyl groups is 1. The van der Waals surface area contributed by atoms with Gasteiger partial charge in [0.2, 0.25) is 12.6 Å². The fraction of sp³-hybridized carbons (Fsp3) is 0.642. The molecule has 4 saturated heterocycles. The van der Waals surface area contributed by atoms with Crippen molar-refractivity contribution in [3.8, 4) is 23.3 Å². The number of phosphoric ester groups is 2. The number of hydrogen-bond donors (Lipinski definition) is 1. The minimum atomic E-state index is -5.52. The quantitative estimate of drug-likeness (QED) is 0.150. The molecule has 458 valence electrons. The van der Waals surface area contributed by atoms with E-state index in [2.05, 4.69) is 0 Å². The fourth-order valence-corrected chi connectivity index (χ4v) is 11.0. The number of aliphatic hydroxyl groups excluding tert-OH is 1. The molecule has 4 heterocycles. The zero-order valence-corrected chi connectivity index (χ0v) is 47.8. The molecule has 3 aromatic rings. The summed E-state index contributed by atoms with van der Waals surface area (Å²) in [6, 6.07) is 24.9. The maximum Gasteiger partial charge on any atom is 0.380 e. The van der Waals surface area contributed by atoms with Gasteiger partial charge in [0.05, 0.1) is 156 Å². The summed E-state index contributed by atoms with van der Waals surface area (Å²) in [7, 11) is -10.6. The molecule has 4 aliphatic rings. The Bertz CT molecular complexity index is 2290. The van der Waals surface area contributed by atoms with Gasteiger partial charge in [-0.25, -0.2) is 0 Å². The summed E-state index contributed by atoms with van der Waals surface area (Å²) in [4.78, 5) is 29.8. The Morgan fingerprint density at radius 1 is 0.561 bits per heavy atom. The molecule has 0 aliphatic carbocycles. The van der Waals surface area contributed by atoms with E-state index in [4.69, 9.17) is 110 Å². The van der Waals surface area contributed by atoms with Crippen LogP contribution in [0.5, 0.6) is 17.2 Å². The second kappa shape index (κ2) is 37.3. The molecule has 0 spiro atoms. The monoisotopic (exact) mass is 1220 g/mol. The minimum absolute atomic E-state index is 0.0186. The second-order valence-corrected chi connectivity index (χ2v) is 21.3. The molecule has 7 rings (SSSR count). The Morgan fingerprint density at radius 2 is 0.963 bits per heavy atom. The molecule has 0 radical (unpaired) electrons. The topological polar surface area (TPSA) is 301 Å². The first-order chi connectivity index (χ1) is 40.1. The van der Waals surface area contributed by atoms with Crippen molar-refractivity contribution in [2.24, 2.45) is 0 Å². The van der Waals surface area contributed by atoms with Gasteiger partial charge in [0.15, 0.2) is 6.10 Å². The van der Waals surface area contributed by atoms with Crippen LogP contribution >= 0.6 is 27.6 Å². The van der Waals surface area contributed by atoms with Crippen molar-refractivity contribution in [2.75, 3.05) is 152 Å². The van der Waals surface area contributed by atoms with Crippen LogP contribution in [0.15, 0.2) is 84.9 Å². The molecule has 29 heteroatoms. The van der Waals surface area contributed by atoms with Crippen LogP contribution < -0.4 is 23.8 Å². The maximum atomic E-state index is 15.5. The zero-order valence-electron chi connectivity index (χ0n) is 45.3. The summed E-state index contributed by atoms with van der Waals surface area (Å²) < 4.78 is 141. The molecule has 4 fully saturated rings. The molecule has 0 bridgehead atoms. The largest absolute Gasteiger partial charge is 0.746 e. The highest BCUT2D eigenvalue weighted by Gasteiger charge is 2.56. The van der Waals surface area contributed by atoms with Gasteiger partial charge in [0, 0.05) is 0 Å². The van der Waals surface area contributed by atoms with Crippen molar-refractivity contribution in [1.82, 2.24) is 0 Å². The molecule has 26 nitrogen and oxygen atoms in total. The highest BCUT2D eigenvalue weighted by atomic mass is 35.5. The number of nitriles is 1. The summed E-state index contributed by atoms with van der Waals surface area (Å²) in [6.07, 6.45) is -14.7. The molecule has 2 unspecified atom stereocenters.